The largest absolute Gasteiger partial charge is 0.370 e. The monoisotopic (exact) mass is 355 g/mol. The van der Waals surface area contributed by atoms with Crippen molar-refractivity contribution < 1.29 is 13.5 Å². The number of ether oxygens (including phenoxy) is 1. The van der Waals surface area contributed by atoms with E-state index in [9.17, 15) is 8.78 Å². The average molecular weight is 355 g/mol. The molecule has 0 aliphatic carbocycles. The Kier molecular flexibility index (Phi) is 3.87. The molecule has 0 aromatic heterocycles. The third-order valence-electron chi connectivity index (χ3n) is 6.55. The minimum Gasteiger partial charge on any atom is -0.370 e. The molecule has 0 amide bonds. The Bertz CT molecular complexity index is 791. The number of rotatable bonds is 4. The van der Waals surface area contributed by atoms with Gasteiger partial charge < -0.3 is 4.74 Å². The fraction of sp³-hybridized carbons (Fsp3) is 0.455. The molecule has 2 aromatic rings. The molecule has 136 valence electrons. The highest BCUT2D eigenvalue weighted by molar-refractivity contribution is 5.26. The lowest BCUT2D eigenvalue weighted by atomic mass is 9.81. The van der Waals surface area contributed by atoms with Gasteiger partial charge in [-0.15, -0.1) is 0 Å². The van der Waals surface area contributed by atoms with E-state index in [2.05, 4.69) is 4.90 Å². The summed E-state index contributed by atoms with van der Waals surface area (Å²) < 4.78 is 33.0. The van der Waals surface area contributed by atoms with Crippen molar-refractivity contribution in [2.45, 2.75) is 43.4 Å². The Morgan fingerprint density at radius 2 is 1.73 bits per heavy atom. The van der Waals surface area contributed by atoms with E-state index >= 15 is 0 Å². The molecule has 2 nitrogen and oxygen atoms in total. The van der Waals surface area contributed by atoms with Gasteiger partial charge in [-0.3, -0.25) is 4.90 Å². The Morgan fingerprint density at radius 3 is 2.38 bits per heavy atom. The lowest BCUT2D eigenvalue weighted by Crippen LogP contribution is -2.36. The zero-order valence-electron chi connectivity index (χ0n) is 14.7. The maximum Gasteiger partial charge on any atom is 0.123 e. The van der Waals surface area contributed by atoms with Crippen LogP contribution in [0.25, 0.3) is 0 Å². The molecule has 26 heavy (non-hydrogen) atoms. The number of halogens is 2. The van der Waals surface area contributed by atoms with Crippen LogP contribution in [-0.2, 0) is 11.2 Å². The lowest BCUT2D eigenvalue weighted by molar-refractivity contribution is 0.00107. The van der Waals surface area contributed by atoms with E-state index < -0.39 is 0 Å². The summed E-state index contributed by atoms with van der Waals surface area (Å²) in [4.78, 5) is 2.50. The van der Waals surface area contributed by atoms with Crippen molar-refractivity contribution in [3.63, 3.8) is 0 Å². The number of likely N-dealkylation sites (tertiary alicyclic amines) is 1. The van der Waals surface area contributed by atoms with Gasteiger partial charge in [-0.25, -0.2) is 8.78 Å². The molecule has 4 atom stereocenters. The van der Waals surface area contributed by atoms with Crippen molar-refractivity contribution in [2.75, 3.05) is 13.1 Å². The van der Waals surface area contributed by atoms with Crippen LogP contribution < -0.4 is 0 Å². The van der Waals surface area contributed by atoms with Gasteiger partial charge in [0.2, 0.25) is 0 Å². The molecule has 0 radical (unpaired) electrons. The molecule has 1 spiro atoms. The number of benzene rings is 2. The van der Waals surface area contributed by atoms with Gasteiger partial charge in [-0.1, -0.05) is 24.3 Å². The summed E-state index contributed by atoms with van der Waals surface area (Å²) in [7, 11) is 0. The second-order valence-corrected chi connectivity index (χ2v) is 8.10. The smallest absolute Gasteiger partial charge is 0.123 e. The first-order valence-electron chi connectivity index (χ1n) is 9.53. The SMILES string of the molecule is Fc1ccc(CC(c2ccc(F)cc2)N2CC3CC4CCC3(C2)O4)cc1. The highest BCUT2D eigenvalue weighted by Crippen LogP contribution is 2.53. The van der Waals surface area contributed by atoms with Crippen LogP contribution in [0.2, 0.25) is 0 Å². The molecule has 4 unspecified atom stereocenters. The van der Waals surface area contributed by atoms with Crippen molar-refractivity contribution in [3.05, 3.63) is 71.3 Å². The van der Waals surface area contributed by atoms with E-state index in [-0.39, 0.29) is 23.3 Å². The summed E-state index contributed by atoms with van der Waals surface area (Å²) in [6, 6.07) is 13.7. The molecule has 3 heterocycles. The normalized spacial score (nSPS) is 31.3. The van der Waals surface area contributed by atoms with Gasteiger partial charge in [-0.2, -0.15) is 0 Å². The summed E-state index contributed by atoms with van der Waals surface area (Å²) in [5, 5.41) is 0. The van der Waals surface area contributed by atoms with Crippen molar-refractivity contribution in [2.24, 2.45) is 5.92 Å². The molecule has 2 aromatic carbocycles. The summed E-state index contributed by atoms with van der Waals surface area (Å²) in [5.41, 5.74) is 2.24. The maximum absolute atomic E-state index is 13.4. The zero-order valence-corrected chi connectivity index (χ0v) is 14.7. The molecule has 5 rings (SSSR count). The predicted octanol–water partition coefficient (Wildman–Crippen LogP) is 4.50. The molecular weight excluding hydrogens is 332 g/mol. The molecule has 2 bridgehead atoms. The Morgan fingerprint density at radius 1 is 1.04 bits per heavy atom. The highest BCUT2D eigenvalue weighted by atomic mass is 19.1. The van der Waals surface area contributed by atoms with E-state index in [0.29, 0.717) is 12.0 Å². The average Bonchev–Trinajstić information content (AvgIpc) is 3.30. The van der Waals surface area contributed by atoms with Crippen LogP contribution in [0.3, 0.4) is 0 Å². The van der Waals surface area contributed by atoms with Crippen LogP contribution in [0, 0.1) is 17.6 Å². The van der Waals surface area contributed by atoms with Gasteiger partial charge >= 0.3 is 0 Å². The number of hydrogen-bond acceptors (Lipinski definition) is 2. The number of hydrogen-bond donors (Lipinski definition) is 0. The lowest BCUT2D eigenvalue weighted by Gasteiger charge is -2.30. The van der Waals surface area contributed by atoms with Crippen molar-refractivity contribution >= 4 is 0 Å². The van der Waals surface area contributed by atoms with Crippen LogP contribution >= 0.6 is 0 Å². The second kappa shape index (κ2) is 6.14. The quantitative estimate of drug-likeness (QED) is 0.801. The molecule has 3 saturated heterocycles. The molecule has 0 saturated carbocycles. The molecule has 3 aliphatic rings. The van der Waals surface area contributed by atoms with E-state index in [1.807, 2.05) is 24.3 Å². The number of nitrogens with zero attached hydrogens (tertiary/aromatic N) is 1. The molecule has 3 aliphatic heterocycles. The fourth-order valence-electron chi connectivity index (χ4n) is 5.26. The first kappa shape index (κ1) is 16.4. The van der Waals surface area contributed by atoms with Crippen LogP contribution in [0.4, 0.5) is 8.78 Å². The third-order valence-corrected chi connectivity index (χ3v) is 6.55. The van der Waals surface area contributed by atoms with E-state index in [0.717, 1.165) is 37.1 Å². The van der Waals surface area contributed by atoms with Crippen molar-refractivity contribution in [1.29, 1.82) is 0 Å². The first-order chi connectivity index (χ1) is 12.6. The summed E-state index contributed by atoms with van der Waals surface area (Å²) in [5.74, 6) is 0.178. The molecular formula is C22H23F2NO. The predicted molar refractivity (Wildman–Crippen MR) is 95.8 cm³/mol. The van der Waals surface area contributed by atoms with Crippen molar-refractivity contribution in [3.8, 4) is 0 Å². The summed E-state index contributed by atoms with van der Waals surface area (Å²) in [6.45, 7) is 1.97. The van der Waals surface area contributed by atoms with Crippen LogP contribution in [0.15, 0.2) is 48.5 Å². The van der Waals surface area contributed by atoms with Gasteiger partial charge in [0.25, 0.3) is 0 Å². The molecule has 3 fully saturated rings. The standard InChI is InChI=1S/C22H23F2NO/c23-18-5-1-15(2-6-18)11-21(16-3-7-19(24)8-4-16)25-13-17-12-20-9-10-22(17,14-25)26-20/h1-8,17,20-21H,9-14H2. The van der Waals surface area contributed by atoms with E-state index in [4.69, 9.17) is 4.74 Å². The summed E-state index contributed by atoms with van der Waals surface area (Å²) >= 11 is 0. The zero-order chi connectivity index (χ0) is 17.7. The van der Waals surface area contributed by atoms with E-state index in [1.165, 1.54) is 37.1 Å². The minimum atomic E-state index is -0.216. The highest BCUT2D eigenvalue weighted by Gasteiger charge is 2.58. The van der Waals surface area contributed by atoms with Gasteiger partial charge in [0, 0.05) is 25.0 Å². The van der Waals surface area contributed by atoms with Crippen molar-refractivity contribution in [1.82, 2.24) is 4.90 Å². The first-order valence-corrected chi connectivity index (χ1v) is 9.53. The Labute approximate surface area is 152 Å². The fourth-order valence-corrected chi connectivity index (χ4v) is 5.26. The van der Waals surface area contributed by atoms with Crippen LogP contribution in [0.5, 0.6) is 0 Å². The van der Waals surface area contributed by atoms with Gasteiger partial charge in [-0.05, 0) is 61.1 Å². The number of fused-ring (bicyclic) bond motifs is 1. The minimum absolute atomic E-state index is 0.0335. The molecule has 0 N–H and O–H groups in total. The Balaban J connectivity index is 1.44. The second-order valence-electron chi connectivity index (χ2n) is 8.10. The topological polar surface area (TPSA) is 12.5 Å². The Hall–Kier alpha value is -1.78. The van der Waals surface area contributed by atoms with E-state index in [1.54, 1.807) is 0 Å². The third kappa shape index (κ3) is 2.76. The summed E-state index contributed by atoms with van der Waals surface area (Å²) in [6.07, 6.45) is 4.76. The molecule has 4 heteroatoms. The van der Waals surface area contributed by atoms with Gasteiger partial charge in [0.1, 0.15) is 11.6 Å². The van der Waals surface area contributed by atoms with Crippen LogP contribution in [0.1, 0.15) is 36.4 Å². The van der Waals surface area contributed by atoms with Gasteiger partial charge in [0.15, 0.2) is 0 Å². The maximum atomic E-state index is 13.4. The van der Waals surface area contributed by atoms with Gasteiger partial charge in [0.05, 0.1) is 11.7 Å². The van der Waals surface area contributed by atoms with Crippen LogP contribution in [-0.4, -0.2) is 29.7 Å².